The number of carbonyl (C=O) groups is 1. The summed E-state index contributed by atoms with van der Waals surface area (Å²) in [5, 5.41) is 10.8. The van der Waals surface area contributed by atoms with E-state index in [0.717, 1.165) is 10.6 Å². The van der Waals surface area contributed by atoms with E-state index < -0.39 is 0 Å². The third kappa shape index (κ3) is 3.73. The summed E-state index contributed by atoms with van der Waals surface area (Å²) >= 11 is 2.92. The molecule has 1 saturated heterocycles. The number of aromatic hydroxyl groups is 1. The molecule has 26 heavy (non-hydrogen) atoms. The summed E-state index contributed by atoms with van der Waals surface area (Å²) < 4.78 is 5.11. The summed E-state index contributed by atoms with van der Waals surface area (Å²) in [5.74, 6) is 0.222. The summed E-state index contributed by atoms with van der Waals surface area (Å²) in [4.78, 5) is 20.2. The standard InChI is InChI=1S/C19H18N2O3S2/c1-21-18(23)16(10-12-6-4-9-15(24-2)17(12)22)26-19(21)20-13-7-5-8-14(11-13)25-3/h4-11,22H,1-3H3/b16-10+,20-19?. The predicted octanol–water partition coefficient (Wildman–Crippen LogP) is 4.36. The number of hydrogen-bond acceptors (Lipinski definition) is 6. The van der Waals surface area contributed by atoms with Crippen LogP contribution < -0.4 is 4.74 Å². The molecule has 0 aromatic heterocycles. The molecule has 134 valence electrons. The Morgan fingerprint density at radius 2 is 2.04 bits per heavy atom. The molecular formula is C19H18N2O3S2. The van der Waals surface area contributed by atoms with E-state index in [0.29, 0.717) is 21.4 Å². The molecule has 1 aliphatic heterocycles. The zero-order valence-corrected chi connectivity index (χ0v) is 16.2. The van der Waals surface area contributed by atoms with E-state index >= 15 is 0 Å². The van der Waals surface area contributed by atoms with Gasteiger partial charge in [-0.25, -0.2) is 4.99 Å². The Kier molecular flexibility index (Phi) is 5.58. The molecule has 0 aliphatic carbocycles. The Bertz CT molecular complexity index is 909. The SMILES string of the molecule is COc1cccc(/C=C2/SC(=Nc3cccc(SC)c3)N(C)C2=O)c1O. The molecule has 0 saturated carbocycles. The number of thioether (sulfide) groups is 2. The van der Waals surface area contributed by atoms with E-state index in [9.17, 15) is 9.90 Å². The number of ether oxygens (including phenoxy) is 1. The third-order valence-electron chi connectivity index (χ3n) is 3.82. The average Bonchev–Trinajstić information content (AvgIpc) is 2.91. The van der Waals surface area contributed by atoms with Gasteiger partial charge in [-0.3, -0.25) is 9.69 Å². The first-order chi connectivity index (χ1) is 12.5. The van der Waals surface area contributed by atoms with Crippen LogP contribution in [0.4, 0.5) is 5.69 Å². The number of carbonyl (C=O) groups excluding carboxylic acids is 1. The van der Waals surface area contributed by atoms with E-state index in [1.54, 1.807) is 43.1 Å². The maximum Gasteiger partial charge on any atom is 0.266 e. The van der Waals surface area contributed by atoms with E-state index in [-0.39, 0.29) is 11.7 Å². The third-order valence-corrected chi connectivity index (χ3v) is 5.60. The van der Waals surface area contributed by atoms with Crippen LogP contribution in [-0.2, 0) is 4.79 Å². The lowest BCUT2D eigenvalue weighted by Gasteiger charge is -2.07. The molecule has 2 aromatic rings. The molecule has 0 spiro atoms. The summed E-state index contributed by atoms with van der Waals surface area (Å²) in [6, 6.07) is 13.0. The van der Waals surface area contributed by atoms with Crippen molar-refractivity contribution in [1.82, 2.24) is 4.90 Å². The second-order valence-electron chi connectivity index (χ2n) is 5.47. The second-order valence-corrected chi connectivity index (χ2v) is 7.36. The quantitative estimate of drug-likeness (QED) is 0.625. The Labute approximate surface area is 160 Å². The molecule has 0 bridgehead atoms. The second kappa shape index (κ2) is 7.88. The Balaban J connectivity index is 1.92. The minimum absolute atomic E-state index is 0.0108. The van der Waals surface area contributed by atoms with Crippen molar-refractivity contribution in [3.05, 3.63) is 52.9 Å². The Morgan fingerprint density at radius 1 is 1.27 bits per heavy atom. The smallest absolute Gasteiger partial charge is 0.266 e. The number of amides is 1. The maximum absolute atomic E-state index is 12.5. The monoisotopic (exact) mass is 386 g/mol. The lowest BCUT2D eigenvalue weighted by atomic mass is 10.1. The predicted molar refractivity (Wildman–Crippen MR) is 108 cm³/mol. The van der Waals surface area contributed by atoms with Gasteiger partial charge in [0, 0.05) is 17.5 Å². The van der Waals surface area contributed by atoms with Gasteiger partial charge < -0.3 is 9.84 Å². The van der Waals surface area contributed by atoms with E-state index in [4.69, 9.17) is 4.74 Å². The van der Waals surface area contributed by atoms with Gasteiger partial charge in [0.2, 0.25) is 0 Å². The van der Waals surface area contributed by atoms with Gasteiger partial charge in [0.25, 0.3) is 5.91 Å². The van der Waals surface area contributed by atoms with Gasteiger partial charge in [-0.2, -0.15) is 0 Å². The fourth-order valence-electron chi connectivity index (χ4n) is 2.40. The number of phenolic OH excluding ortho intramolecular Hbond substituents is 1. The molecule has 7 heteroatoms. The van der Waals surface area contributed by atoms with Crippen molar-refractivity contribution in [2.24, 2.45) is 4.99 Å². The fraction of sp³-hybridized carbons (Fsp3) is 0.158. The van der Waals surface area contributed by atoms with Gasteiger partial charge in [-0.05, 0) is 48.4 Å². The van der Waals surface area contributed by atoms with Gasteiger partial charge in [-0.1, -0.05) is 18.2 Å². The minimum atomic E-state index is -0.156. The largest absolute Gasteiger partial charge is 0.504 e. The highest BCUT2D eigenvalue weighted by atomic mass is 32.2. The Hall–Kier alpha value is -2.38. The highest BCUT2D eigenvalue weighted by molar-refractivity contribution is 8.18. The summed E-state index contributed by atoms with van der Waals surface area (Å²) in [6.45, 7) is 0. The number of methoxy groups -OCH3 is 1. The summed E-state index contributed by atoms with van der Waals surface area (Å²) in [6.07, 6.45) is 3.66. The number of phenols is 1. The first-order valence-electron chi connectivity index (χ1n) is 7.80. The van der Waals surface area contributed by atoms with Crippen molar-refractivity contribution < 1.29 is 14.6 Å². The van der Waals surface area contributed by atoms with E-state index in [1.807, 2.05) is 30.5 Å². The number of hydrogen-bond donors (Lipinski definition) is 1. The van der Waals surface area contributed by atoms with Gasteiger partial charge in [0.15, 0.2) is 16.7 Å². The molecule has 1 N–H and O–H groups in total. The first-order valence-corrected chi connectivity index (χ1v) is 9.84. The molecule has 0 unspecified atom stereocenters. The Morgan fingerprint density at radius 3 is 2.77 bits per heavy atom. The van der Waals surface area contributed by atoms with Crippen LogP contribution in [0.5, 0.6) is 11.5 Å². The minimum Gasteiger partial charge on any atom is -0.504 e. The summed E-state index contributed by atoms with van der Waals surface area (Å²) in [7, 11) is 3.18. The van der Waals surface area contributed by atoms with Gasteiger partial charge in [0.05, 0.1) is 17.7 Å². The number of aliphatic imine (C=N–C) groups is 1. The topological polar surface area (TPSA) is 62.1 Å². The average molecular weight is 386 g/mol. The zero-order valence-electron chi connectivity index (χ0n) is 14.6. The van der Waals surface area contributed by atoms with Gasteiger partial charge in [-0.15, -0.1) is 11.8 Å². The molecule has 1 amide bonds. The number of amidine groups is 1. The van der Waals surface area contributed by atoms with Crippen molar-refractivity contribution in [1.29, 1.82) is 0 Å². The normalized spacial score (nSPS) is 17.3. The van der Waals surface area contributed by atoms with Crippen LogP contribution in [0.3, 0.4) is 0 Å². The number of rotatable bonds is 4. The molecule has 0 radical (unpaired) electrons. The maximum atomic E-state index is 12.5. The molecule has 2 aromatic carbocycles. The van der Waals surface area contributed by atoms with Crippen LogP contribution in [0.25, 0.3) is 6.08 Å². The van der Waals surface area contributed by atoms with Crippen LogP contribution in [0.2, 0.25) is 0 Å². The molecule has 3 rings (SSSR count). The highest BCUT2D eigenvalue weighted by Crippen LogP contribution is 2.37. The fourth-order valence-corrected chi connectivity index (χ4v) is 3.83. The van der Waals surface area contributed by atoms with E-state index in [1.165, 1.54) is 23.8 Å². The van der Waals surface area contributed by atoms with E-state index in [2.05, 4.69) is 4.99 Å². The molecule has 1 heterocycles. The van der Waals surface area contributed by atoms with Crippen molar-refractivity contribution in [2.45, 2.75) is 4.90 Å². The number of likely N-dealkylation sites (N-methyl/N-ethyl adjacent to an activating group) is 1. The number of nitrogens with zero attached hydrogens (tertiary/aromatic N) is 2. The molecule has 1 fully saturated rings. The number of benzene rings is 2. The number of para-hydroxylation sites is 1. The molecule has 1 aliphatic rings. The lowest BCUT2D eigenvalue weighted by molar-refractivity contribution is -0.121. The molecule has 0 atom stereocenters. The highest BCUT2D eigenvalue weighted by Gasteiger charge is 2.30. The van der Waals surface area contributed by atoms with Crippen LogP contribution in [0, 0.1) is 0 Å². The van der Waals surface area contributed by atoms with Gasteiger partial charge >= 0.3 is 0 Å². The zero-order chi connectivity index (χ0) is 18.7. The molecular weight excluding hydrogens is 368 g/mol. The lowest BCUT2D eigenvalue weighted by Crippen LogP contribution is -2.23. The first kappa shape index (κ1) is 18.4. The van der Waals surface area contributed by atoms with Crippen molar-refractivity contribution >= 4 is 46.4 Å². The van der Waals surface area contributed by atoms with Crippen LogP contribution in [-0.4, -0.2) is 41.5 Å². The van der Waals surface area contributed by atoms with Crippen LogP contribution in [0.15, 0.2) is 57.3 Å². The summed E-state index contributed by atoms with van der Waals surface area (Å²) in [5.41, 5.74) is 1.32. The van der Waals surface area contributed by atoms with Crippen molar-refractivity contribution in [2.75, 3.05) is 20.4 Å². The van der Waals surface area contributed by atoms with Crippen LogP contribution >= 0.6 is 23.5 Å². The molecule has 5 nitrogen and oxygen atoms in total. The van der Waals surface area contributed by atoms with Crippen LogP contribution in [0.1, 0.15) is 5.56 Å². The van der Waals surface area contributed by atoms with Gasteiger partial charge in [0.1, 0.15) is 0 Å². The van der Waals surface area contributed by atoms with Crippen molar-refractivity contribution in [3.8, 4) is 11.5 Å². The van der Waals surface area contributed by atoms with Crippen molar-refractivity contribution in [3.63, 3.8) is 0 Å².